The second kappa shape index (κ2) is 7.06. The van der Waals surface area contributed by atoms with Crippen molar-refractivity contribution in [1.29, 1.82) is 0 Å². The van der Waals surface area contributed by atoms with Crippen LogP contribution in [0.1, 0.15) is 63.6 Å². The van der Waals surface area contributed by atoms with E-state index >= 15 is 0 Å². The minimum absolute atomic E-state index is 0.226. The summed E-state index contributed by atoms with van der Waals surface area (Å²) in [5, 5.41) is 4.59. The molecule has 1 aromatic heterocycles. The van der Waals surface area contributed by atoms with Crippen molar-refractivity contribution in [1.82, 2.24) is 9.78 Å². The van der Waals surface area contributed by atoms with Crippen molar-refractivity contribution in [3.8, 4) is 5.69 Å². The van der Waals surface area contributed by atoms with Gasteiger partial charge in [0.05, 0.1) is 29.8 Å². The molecule has 1 saturated heterocycles. The van der Waals surface area contributed by atoms with Crippen molar-refractivity contribution in [3.05, 3.63) is 53.6 Å². The van der Waals surface area contributed by atoms with Crippen LogP contribution in [-0.2, 0) is 15.9 Å². The standard InChI is InChI=1S/C24H29FN2O2/c1-3-13-24(28-21-6-4-5-7-22(21)29-24)23(2)14-12-20-17(15-23)16-26-27(20)19-10-8-18(25)9-11-19/h8-12,14,16,21-22H,3-7,13,15H2,1-2H3/t21-,22-,23-/m1/s1. The molecule has 0 N–H and O–H groups in total. The molecule has 1 aromatic carbocycles. The Bertz CT molecular complexity index is 905. The van der Waals surface area contributed by atoms with Gasteiger partial charge in [-0.2, -0.15) is 5.10 Å². The highest BCUT2D eigenvalue weighted by molar-refractivity contribution is 5.57. The van der Waals surface area contributed by atoms with E-state index in [4.69, 9.17) is 9.47 Å². The van der Waals surface area contributed by atoms with Crippen molar-refractivity contribution in [2.24, 2.45) is 5.41 Å². The predicted octanol–water partition coefficient (Wildman–Crippen LogP) is 5.44. The Kier molecular flexibility index (Phi) is 4.63. The van der Waals surface area contributed by atoms with Crippen LogP contribution in [0.2, 0.25) is 0 Å². The summed E-state index contributed by atoms with van der Waals surface area (Å²) in [7, 11) is 0. The minimum atomic E-state index is -0.576. The molecule has 5 rings (SSSR count). The highest BCUT2D eigenvalue weighted by atomic mass is 19.1. The lowest BCUT2D eigenvalue weighted by Crippen LogP contribution is -2.49. The summed E-state index contributed by atoms with van der Waals surface area (Å²) in [6.45, 7) is 4.46. The van der Waals surface area contributed by atoms with Gasteiger partial charge in [-0.25, -0.2) is 9.07 Å². The van der Waals surface area contributed by atoms with Gasteiger partial charge in [0.25, 0.3) is 0 Å². The van der Waals surface area contributed by atoms with Crippen LogP contribution in [0.15, 0.2) is 36.5 Å². The Morgan fingerprint density at radius 2 is 1.83 bits per heavy atom. The van der Waals surface area contributed by atoms with Crippen LogP contribution in [0.3, 0.4) is 0 Å². The van der Waals surface area contributed by atoms with Gasteiger partial charge in [0, 0.05) is 11.8 Å². The van der Waals surface area contributed by atoms with E-state index in [-0.39, 0.29) is 23.4 Å². The lowest BCUT2D eigenvalue weighted by atomic mass is 9.71. The number of hydrogen-bond acceptors (Lipinski definition) is 3. The lowest BCUT2D eigenvalue weighted by Gasteiger charge is -2.44. The van der Waals surface area contributed by atoms with E-state index in [0.29, 0.717) is 0 Å². The Balaban J connectivity index is 1.48. The van der Waals surface area contributed by atoms with Gasteiger partial charge in [0.1, 0.15) is 5.82 Å². The summed E-state index contributed by atoms with van der Waals surface area (Å²) >= 11 is 0. The molecular formula is C24H29FN2O2. The first kappa shape index (κ1) is 19.0. The van der Waals surface area contributed by atoms with Crippen molar-refractivity contribution >= 4 is 6.08 Å². The van der Waals surface area contributed by atoms with E-state index in [1.807, 2.05) is 10.9 Å². The molecule has 29 heavy (non-hydrogen) atoms. The van der Waals surface area contributed by atoms with Crippen LogP contribution in [-0.4, -0.2) is 27.8 Å². The first-order chi connectivity index (χ1) is 14.0. The maximum absolute atomic E-state index is 13.3. The maximum Gasteiger partial charge on any atom is 0.178 e. The Morgan fingerprint density at radius 3 is 2.48 bits per heavy atom. The number of fused-ring (bicyclic) bond motifs is 2. The molecule has 4 nitrogen and oxygen atoms in total. The molecule has 0 amide bonds. The van der Waals surface area contributed by atoms with Gasteiger partial charge in [0.15, 0.2) is 5.79 Å². The van der Waals surface area contributed by atoms with Crippen molar-refractivity contribution in [2.75, 3.05) is 0 Å². The fourth-order valence-electron chi connectivity index (χ4n) is 5.32. The minimum Gasteiger partial charge on any atom is -0.343 e. The molecule has 0 unspecified atom stereocenters. The normalized spacial score (nSPS) is 30.2. The highest BCUT2D eigenvalue weighted by Crippen LogP contribution is 2.52. The van der Waals surface area contributed by atoms with Crippen molar-refractivity contribution in [2.45, 2.75) is 76.8 Å². The summed E-state index contributed by atoms with van der Waals surface area (Å²) in [6.07, 6.45) is 14.2. The van der Waals surface area contributed by atoms with E-state index in [1.165, 1.54) is 30.5 Å². The van der Waals surface area contributed by atoms with Crippen LogP contribution in [0.25, 0.3) is 11.8 Å². The number of nitrogens with zero attached hydrogens (tertiary/aromatic N) is 2. The van der Waals surface area contributed by atoms with Gasteiger partial charge in [-0.15, -0.1) is 0 Å². The summed E-state index contributed by atoms with van der Waals surface area (Å²) in [5.41, 5.74) is 2.85. The molecule has 3 atom stereocenters. The molecule has 2 fully saturated rings. The van der Waals surface area contributed by atoms with Gasteiger partial charge >= 0.3 is 0 Å². The van der Waals surface area contributed by atoms with Crippen LogP contribution in [0.5, 0.6) is 0 Å². The molecule has 2 aliphatic carbocycles. The molecular weight excluding hydrogens is 367 g/mol. The van der Waals surface area contributed by atoms with E-state index in [0.717, 1.165) is 43.5 Å². The number of hydrogen-bond donors (Lipinski definition) is 0. The Labute approximate surface area is 171 Å². The monoisotopic (exact) mass is 396 g/mol. The first-order valence-electron chi connectivity index (χ1n) is 10.9. The number of rotatable bonds is 4. The fraction of sp³-hybridized carbons (Fsp3) is 0.542. The molecule has 0 bridgehead atoms. The highest BCUT2D eigenvalue weighted by Gasteiger charge is 2.57. The summed E-state index contributed by atoms with van der Waals surface area (Å²) in [5.74, 6) is -0.815. The van der Waals surface area contributed by atoms with Gasteiger partial charge < -0.3 is 9.47 Å². The van der Waals surface area contributed by atoms with Crippen LogP contribution >= 0.6 is 0 Å². The third kappa shape index (κ3) is 3.06. The molecule has 2 heterocycles. The number of halogens is 1. The van der Waals surface area contributed by atoms with Gasteiger partial charge in [-0.05, 0) is 55.2 Å². The molecule has 2 aromatic rings. The summed E-state index contributed by atoms with van der Waals surface area (Å²) < 4.78 is 28.6. The van der Waals surface area contributed by atoms with Crippen LogP contribution in [0.4, 0.5) is 4.39 Å². The van der Waals surface area contributed by atoms with E-state index in [9.17, 15) is 4.39 Å². The summed E-state index contributed by atoms with van der Waals surface area (Å²) in [4.78, 5) is 0. The maximum atomic E-state index is 13.3. The van der Waals surface area contributed by atoms with E-state index in [1.54, 1.807) is 12.1 Å². The fourth-order valence-corrected chi connectivity index (χ4v) is 5.32. The molecule has 1 saturated carbocycles. The van der Waals surface area contributed by atoms with Crippen LogP contribution < -0.4 is 0 Å². The topological polar surface area (TPSA) is 36.3 Å². The van der Waals surface area contributed by atoms with Gasteiger partial charge in [-0.3, -0.25) is 0 Å². The third-order valence-corrected chi connectivity index (χ3v) is 6.90. The molecule has 0 spiro atoms. The number of aromatic nitrogens is 2. The largest absolute Gasteiger partial charge is 0.343 e. The zero-order chi connectivity index (χ0) is 20.1. The van der Waals surface area contributed by atoms with Gasteiger partial charge in [0.2, 0.25) is 0 Å². The van der Waals surface area contributed by atoms with Crippen molar-refractivity contribution < 1.29 is 13.9 Å². The molecule has 154 valence electrons. The van der Waals surface area contributed by atoms with E-state index in [2.05, 4.69) is 31.1 Å². The van der Waals surface area contributed by atoms with E-state index < -0.39 is 5.79 Å². The zero-order valence-electron chi connectivity index (χ0n) is 17.2. The molecule has 3 aliphatic rings. The van der Waals surface area contributed by atoms with Crippen molar-refractivity contribution in [3.63, 3.8) is 0 Å². The number of benzene rings is 1. The molecule has 1 aliphatic heterocycles. The lowest BCUT2D eigenvalue weighted by molar-refractivity contribution is -0.236. The zero-order valence-corrected chi connectivity index (χ0v) is 17.2. The Hall–Kier alpha value is -1.98. The number of ether oxygens (including phenoxy) is 2. The average Bonchev–Trinajstić information content (AvgIpc) is 3.30. The third-order valence-electron chi connectivity index (χ3n) is 6.90. The van der Waals surface area contributed by atoms with Gasteiger partial charge in [-0.1, -0.05) is 39.2 Å². The predicted molar refractivity (Wildman–Crippen MR) is 110 cm³/mol. The smallest absolute Gasteiger partial charge is 0.178 e. The summed E-state index contributed by atoms with van der Waals surface area (Å²) in [6, 6.07) is 6.46. The SMILES string of the molecule is CCCC1([C@]2(C)C=Cc3c(cnn3-c3ccc(F)cc3)C2)O[C@@H]2CCCC[C@H]2O1. The molecule has 5 heteroatoms. The first-order valence-corrected chi connectivity index (χ1v) is 10.9. The van der Waals surface area contributed by atoms with Crippen LogP contribution in [0, 0.1) is 11.2 Å². The Morgan fingerprint density at radius 1 is 1.14 bits per heavy atom. The second-order valence-electron chi connectivity index (χ2n) is 8.97. The molecule has 0 radical (unpaired) electrons. The second-order valence-corrected chi connectivity index (χ2v) is 8.97. The quantitative estimate of drug-likeness (QED) is 0.690. The average molecular weight is 397 g/mol.